The molecule has 6 nitrogen and oxygen atoms in total. The summed E-state index contributed by atoms with van der Waals surface area (Å²) in [7, 11) is 0. The number of fused-ring (bicyclic) bond motifs is 1. The molecule has 1 N–H and O–H groups in total. The molecule has 0 fully saturated rings. The first-order valence-electron chi connectivity index (χ1n) is 9.60. The minimum atomic E-state index is -0.234. The number of hydrogen-bond donors (Lipinski definition) is 1. The molecule has 30 heavy (non-hydrogen) atoms. The predicted octanol–water partition coefficient (Wildman–Crippen LogP) is 4.61. The number of aliphatic imine (C=N–C) groups is 2. The number of rotatable bonds is 4. The molecule has 150 valence electrons. The van der Waals surface area contributed by atoms with Crippen molar-refractivity contribution in [2.24, 2.45) is 9.98 Å². The third-order valence-electron chi connectivity index (χ3n) is 4.62. The topological polar surface area (TPSA) is 79.6 Å². The Morgan fingerprint density at radius 2 is 1.67 bits per heavy atom. The van der Waals surface area contributed by atoms with Crippen molar-refractivity contribution in [1.29, 1.82) is 0 Å². The number of aromatic nitrogens is 2. The lowest BCUT2D eigenvalue weighted by Gasteiger charge is -2.19. The van der Waals surface area contributed by atoms with Crippen LogP contribution in [0.3, 0.4) is 0 Å². The second-order valence-corrected chi connectivity index (χ2v) is 7.84. The Kier molecular flexibility index (Phi) is 5.99. The Labute approximate surface area is 179 Å². The van der Waals surface area contributed by atoms with Gasteiger partial charge in [-0.3, -0.25) is 9.79 Å². The lowest BCUT2D eigenvalue weighted by molar-refractivity contribution is -0.117. The number of carbonyl (C=O) groups excluding carboxylic acids is 1. The minimum Gasteiger partial charge on any atom is -0.313 e. The van der Waals surface area contributed by atoms with Gasteiger partial charge in [-0.25, -0.2) is 15.0 Å². The number of amidine groups is 1. The highest BCUT2D eigenvalue weighted by Crippen LogP contribution is 2.34. The number of aryl methyl sites for hydroxylation is 1. The molecule has 1 atom stereocenters. The zero-order chi connectivity index (χ0) is 20.9. The molecule has 0 aliphatic carbocycles. The first-order valence-corrected chi connectivity index (χ1v) is 10.6. The smallest absolute Gasteiger partial charge is 0.235 e. The largest absolute Gasteiger partial charge is 0.313 e. The van der Waals surface area contributed by atoms with E-state index in [0.29, 0.717) is 11.0 Å². The molecule has 0 saturated carbocycles. The highest BCUT2D eigenvalue weighted by Gasteiger charge is 2.26. The van der Waals surface area contributed by atoms with Gasteiger partial charge in [-0.2, -0.15) is 0 Å². The van der Waals surface area contributed by atoms with Crippen molar-refractivity contribution in [2.45, 2.75) is 24.9 Å². The van der Waals surface area contributed by atoms with E-state index in [1.54, 1.807) is 6.20 Å². The third kappa shape index (κ3) is 4.63. The SMILES string of the molecule is CC1=Nc2ccccc2N=C(NC(=O)CSc2nccc(C)n2)[C@@H]1c1ccccc1. The Hall–Kier alpha value is -3.32. The maximum Gasteiger partial charge on any atom is 0.235 e. The van der Waals surface area contributed by atoms with Crippen LogP contribution in [0.2, 0.25) is 0 Å². The molecule has 0 spiro atoms. The Bertz CT molecular complexity index is 1130. The van der Waals surface area contributed by atoms with Crippen molar-refractivity contribution >= 4 is 40.6 Å². The van der Waals surface area contributed by atoms with E-state index in [1.165, 1.54) is 11.8 Å². The van der Waals surface area contributed by atoms with Crippen molar-refractivity contribution in [2.75, 3.05) is 5.75 Å². The molecule has 1 aliphatic heterocycles. The summed E-state index contributed by atoms with van der Waals surface area (Å²) in [4.78, 5) is 30.9. The minimum absolute atomic E-state index is 0.156. The maximum atomic E-state index is 12.8. The average molecular weight is 416 g/mol. The Balaban J connectivity index is 1.61. The van der Waals surface area contributed by atoms with Crippen molar-refractivity contribution in [3.05, 3.63) is 78.1 Å². The van der Waals surface area contributed by atoms with Gasteiger partial charge in [0.15, 0.2) is 5.16 Å². The van der Waals surface area contributed by atoms with Crippen LogP contribution in [0, 0.1) is 6.92 Å². The van der Waals surface area contributed by atoms with Crippen LogP contribution in [0.25, 0.3) is 0 Å². The summed E-state index contributed by atoms with van der Waals surface area (Å²) in [6, 6.07) is 19.5. The van der Waals surface area contributed by atoms with Crippen LogP contribution in [0.15, 0.2) is 82.0 Å². The van der Waals surface area contributed by atoms with Crippen LogP contribution >= 0.6 is 11.8 Å². The monoisotopic (exact) mass is 415 g/mol. The second kappa shape index (κ2) is 9.00. The van der Waals surface area contributed by atoms with E-state index in [9.17, 15) is 4.79 Å². The van der Waals surface area contributed by atoms with E-state index in [-0.39, 0.29) is 17.6 Å². The van der Waals surface area contributed by atoms with Crippen molar-refractivity contribution in [1.82, 2.24) is 15.3 Å². The van der Waals surface area contributed by atoms with E-state index < -0.39 is 0 Å². The summed E-state index contributed by atoms with van der Waals surface area (Å²) in [5, 5.41) is 3.60. The molecule has 2 heterocycles. The number of amides is 1. The summed E-state index contributed by atoms with van der Waals surface area (Å²) < 4.78 is 0. The van der Waals surface area contributed by atoms with Crippen LogP contribution in [0.4, 0.5) is 11.4 Å². The first kappa shape index (κ1) is 20.0. The zero-order valence-electron chi connectivity index (χ0n) is 16.7. The van der Waals surface area contributed by atoms with Gasteiger partial charge in [-0.15, -0.1) is 0 Å². The van der Waals surface area contributed by atoms with Gasteiger partial charge in [0.2, 0.25) is 5.91 Å². The van der Waals surface area contributed by atoms with Gasteiger partial charge < -0.3 is 5.32 Å². The fourth-order valence-corrected chi connectivity index (χ4v) is 3.93. The maximum absolute atomic E-state index is 12.8. The van der Waals surface area contributed by atoms with Gasteiger partial charge in [-0.1, -0.05) is 54.2 Å². The van der Waals surface area contributed by atoms with Gasteiger partial charge >= 0.3 is 0 Å². The van der Waals surface area contributed by atoms with Crippen LogP contribution in [0.1, 0.15) is 24.1 Å². The van der Waals surface area contributed by atoms with E-state index in [0.717, 1.165) is 28.3 Å². The third-order valence-corrected chi connectivity index (χ3v) is 5.48. The van der Waals surface area contributed by atoms with Crippen molar-refractivity contribution < 1.29 is 4.79 Å². The molecular weight excluding hydrogens is 394 g/mol. The average Bonchev–Trinajstić information content (AvgIpc) is 2.88. The number of nitrogens with zero attached hydrogens (tertiary/aromatic N) is 4. The van der Waals surface area contributed by atoms with Gasteiger partial charge in [0.1, 0.15) is 5.84 Å². The fourth-order valence-electron chi connectivity index (χ4n) is 3.25. The molecule has 1 aliphatic rings. The van der Waals surface area contributed by atoms with Gasteiger partial charge in [0.25, 0.3) is 0 Å². The molecule has 0 bridgehead atoms. The zero-order valence-corrected chi connectivity index (χ0v) is 17.6. The number of para-hydroxylation sites is 2. The summed E-state index contributed by atoms with van der Waals surface area (Å²) in [5.41, 5.74) is 4.30. The molecule has 0 unspecified atom stereocenters. The number of nitrogens with one attached hydrogen (secondary N) is 1. The summed E-state index contributed by atoms with van der Waals surface area (Å²) >= 11 is 1.30. The second-order valence-electron chi connectivity index (χ2n) is 6.90. The lowest BCUT2D eigenvalue weighted by atomic mass is 9.93. The molecule has 1 aromatic heterocycles. The standard InChI is InChI=1S/C23H21N5OS/c1-15-12-13-24-23(25-15)30-14-20(29)28-22-21(17-8-4-3-5-9-17)16(2)26-18-10-6-7-11-19(18)27-22/h3-13,21H,14H2,1-2H3,(H,27,28,29)/t21-/m0/s1. The molecule has 0 saturated heterocycles. The van der Waals surface area contributed by atoms with Gasteiger partial charge in [-0.05, 0) is 37.6 Å². The van der Waals surface area contributed by atoms with Crippen LogP contribution in [-0.2, 0) is 4.79 Å². The predicted molar refractivity (Wildman–Crippen MR) is 121 cm³/mol. The van der Waals surface area contributed by atoms with Crippen LogP contribution in [-0.4, -0.2) is 33.2 Å². The fraction of sp³-hybridized carbons (Fsp3) is 0.174. The normalized spacial score (nSPS) is 15.5. The number of thioether (sulfide) groups is 1. The number of hydrogen-bond acceptors (Lipinski definition) is 6. The van der Waals surface area contributed by atoms with Crippen molar-refractivity contribution in [3.63, 3.8) is 0 Å². The summed E-state index contributed by atoms with van der Waals surface area (Å²) in [6.45, 7) is 3.87. The summed E-state index contributed by atoms with van der Waals surface area (Å²) in [5.74, 6) is 0.379. The number of carbonyl (C=O) groups is 1. The summed E-state index contributed by atoms with van der Waals surface area (Å²) in [6.07, 6.45) is 1.69. The van der Waals surface area contributed by atoms with E-state index in [2.05, 4.69) is 15.3 Å². The molecule has 0 radical (unpaired) electrons. The lowest BCUT2D eigenvalue weighted by Crippen LogP contribution is -2.38. The van der Waals surface area contributed by atoms with Gasteiger partial charge in [0, 0.05) is 17.6 Å². The van der Waals surface area contributed by atoms with Gasteiger partial charge in [0.05, 0.1) is 23.0 Å². The quantitative estimate of drug-likeness (QED) is 0.498. The first-order chi connectivity index (χ1) is 14.6. The molecule has 3 aromatic rings. The van der Waals surface area contributed by atoms with E-state index >= 15 is 0 Å². The van der Waals surface area contributed by atoms with E-state index in [1.807, 2.05) is 74.5 Å². The molecular formula is C23H21N5OS. The molecule has 7 heteroatoms. The molecule has 1 amide bonds. The highest BCUT2D eigenvalue weighted by atomic mass is 32.2. The Morgan fingerprint density at radius 1 is 0.967 bits per heavy atom. The Morgan fingerprint density at radius 3 is 2.40 bits per heavy atom. The van der Waals surface area contributed by atoms with Crippen molar-refractivity contribution in [3.8, 4) is 0 Å². The number of benzene rings is 2. The van der Waals surface area contributed by atoms with E-state index in [4.69, 9.17) is 9.98 Å². The van der Waals surface area contributed by atoms with Crippen LogP contribution in [0.5, 0.6) is 0 Å². The molecule has 2 aromatic carbocycles. The molecule has 4 rings (SSSR count). The highest BCUT2D eigenvalue weighted by molar-refractivity contribution is 7.99. The van der Waals surface area contributed by atoms with Crippen LogP contribution < -0.4 is 5.32 Å².